The minimum Gasteiger partial charge on any atom is -0.299 e. The monoisotopic (exact) mass is 240 g/mol. The first-order chi connectivity index (χ1) is 7.68. The zero-order chi connectivity index (χ0) is 14.0. The molecule has 0 aromatic carbocycles. The van der Waals surface area contributed by atoms with Crippen LogP contribution in [0.3, 0.4) is 0 Å². The standard InChI is InChI=1S/C9H18.C7H14O/c1-8(2)6-5-7-9(3)4;1-5(2)7(8)6(3)4/h5-6,8-9H,7H2,1-4H3;5-6H,1-4H3/b6-5-;. The van der Waals surface area contributed by atoms with Crippen LogP contribution in [0.25, 0.3) is 0 Å². The Balaban J connectivity index is 0. The van der Waals surface area contributed by atoms with E-state index < -0.39 is 0 Å². The molecule has 0 unspecified atom stereocenters. The van der Waals surface area contributed by atoms with Crippen LogP contribution in [0, 0.1) is 23.7 Å². The molecular formula is C16H32O. The summed E-state index contributed by atoms with van der Waals surface area (Å²) in [5, 5.41) is 0. The molecule has 0 aromatic rings. The fourth-order valence-electron chi connectivity index (χ4n) is 1.29. The summed E-state index contributed by atoms with van der Waals surface area (Å²) in [4.78, 5) is 10.8. The SMILES string of the molecule is CC(C)/C=C\CC(C)C.CC(C)C(=O)C(C)C. The van der Waals surface area contributed by atoms with Crippen molar-refractivity contribution < 1.29 is 4.79 Å². The lowest BCUT2D eigenvalue weighted by Crippen LogP contribution is -2.13. The van der Waals surface area contributed by atoms with E-state index in [1.54, 1.807) is 0 Å². The van der Waals surface area contributed by atoms with Crippen molar-refractivity contribution in [1.29, 1.82) is 0 Å². The summed E-state index contributed by atoms with van der Waals surface area (Å²) in [6, 6.07) is 0. The van der Waals surface area contributed by atoms with Gasteiger partial charge in [0.15, 0.2) is 0 Å². The first-order valence-corrected chi connectivity index (χ1v) is 6.88. The van der Waals surface area contributed by atoms with Crippen molar-refractivity contribution in [2.75, 3.05) is 0 Å². The van der Waals surface area contributed by atoms with Gasteiger partial charge in [-0.2, -0.15) is 0 Å². The molecule has 0 rings (SSSR count). The predicted molar refractivity (Wildman–Crippen MR) is 78.1 cm³/mol. The van der Waals surface area contributed by atoms with Crippen LogP contribution in [0.5, 0.6) is 0 Å². The van der Waals surface area contributed by atoms with Gasteiger partial charge in [0, 0.05) is 11.8 Å². The quantitative estimate of drug-likeness (QED) is 0.610. The Hall–Kier alpha value is -0.590. The van der Waals surface area contributed by atoms with Crippen LogP contribution in [-0.2, 0) is 4.79 Å². The molecule has 0 radical (unpaired) electrons. The highest BCUT2D eigenvalue weighted by atomic mass is 16.1. The molecule has 0 bridgehead atoms. The molecule has 0 aromatic heterocycles. The number of allylic oxidation sites excluding steroid dienone is 2. The van der Waals surface area contributed by atoms with Gasteiger partial charge in [-0.25, -0.2) is 0 Å². The van der Waals surface area contributed by atoms with Gasteiger partial charge < -0.3 is 0 Å². The highest BCUT2D eigenvalue weighted by Gasteiger charge is 2.09. The minimum absolute atomic E-state index is 0.204. The van der Waals surface area contributed by atoms with Gasteiger partial charge >= 0.3 is 0 Å². The largest absolute Gasteiger partial charge is 0.299 e. The van der Waals surface area contributed by atoms with E-state index in [2.05, 4.69) is 39.8 Å². The third kappa shape index (κ3) is 15.4. The molecule has 0 saturated heterocycles. The summed E-state index contributed by atoms with van der Waals surface area (Å²) in [5.41, 5.74) is 0. The predicted octanol–water partition coefficient (Wildman–Crippen LogP) is 5.11. The molecule has 0 saturated carbocycles. The smallest absolute Gasteiger partial charge is 0.137 e. The first kappa shape index (κ1) is 18.8. The average molecular weight is 240 g/mol. The van der Waals surface area contributed by atoms with Gasteiger partial charge in [-0.15, -0.1) is 0 Å². The number of carbonyl (C=O) groups excluding carboxylic acids is 1. The molecule has 0 heterocycles. The number of hydrogen-bond donors (Lipinski definition) is 0. The van der Waals surface area contributed by atoms with Crippen molar-refractivity contribution in [1.82, 2.24) is 0 Å². The highest BCUT2D eigenvalue weighted by molar-refractivity contribution is 5.81. The zero-order valence-corrected chi connectivity index (χ0v) is 13.1. The summed E-state index contributed by atoms with van der Waals surface area (Å²) in [5.74, 6) is 2.28. The van der Waals surface area contributed by atoms with Crippen LogP contribution >= 0.6 is 0 Å². The fourth-order valence-corrected chi connectivity index (χ4v) is 1.29. The molecule has 0 N–H and O–H groups in total. The Morgan fingerprint density at radius 3 is 1.47 bits per heavy atom. The molecule has 102 valence electrons. The van der Waals surface area contributed by atoms with E-state index in [-0.39, 0.29) is 11.8 Å². The lowest BCUT2D eigenvalue weighted by Gasteiger charge is -2.05. The second-order valence-corrected chi connectivity index (χ2v) is 6.01. The van der Waals surface area contributed by atoms with Gasteiger partial charge in [0.1, 0.15) is 5.78 Å². The van der Waals surface area contributed by atoms with Crippen molar-refractivity contribution in [3.63, 3.8) is 0 Å². The second kappa shape index (κ2) is 10.6. The van der Waals surface area contributed by atoms with Crippen LogP contribution in [-0.4, -0.2) is 5.78 Å². The third-order valence-corrected chi connectivity index (χ3v) is 2.27. The van der Waals surface area contributed by atoms with E-state index in [0.717, 1.165) is 5.92 Å². The molecule has 0 aliphatic rings. The molecule has 1 heteroatoms. The summed E-state index contributed by atoms with van der Waals surface area (Å²) in [6.07, 6.45) is 5.76. The second-order valence-electron chi connectivity index (χ2n) is 6.01. The van der Waals surface area contributed by atoms with Crippen LogP contribution in [0.2, 0.25) is 0 Å². The maximum Gasteiger partial charge on any atom is 0.137 e. The van der Waals surface area contributed by atoms with E-state index in [1.165, 1.54) is 6.42 Å². The fraction of sp³-hybridized carbons (Fsp3) is 0.812. The van der Waals surface area contributed by atoms with Gasteiger partial charge in [-0.1, -0.05) is 67.5 Å². The molecule has 0 atom stereocenters. The lowest BCUT2D eigenvalue weighted by molar-refractivity contribution is -0.124. The van der Waals surface area contributed by atoms with E-state index in [0.29, 0.717) is 11.7 Å². The van der Waals surface area contributed by atoms with Gasteiger partial charge in [-0.05, 0) is 18.3 Å². The summed E-state index contributed by atoms with van der Waals surface area (Å²) in [6.45, 7) is 16.6. The van der Waals surface area contributed by atoms with Gasteiger partial charge in [0.05, 0.1) is 0 Å². The summed E-state index contributed by atoms with van der Waals surface area (Å²) < 4.78 is 0. The number of Topliss-reactive ketones (excluding diaryl/α,β-unsaturated/α-hetero) is 1. The number of carbonyl (C=O) groups is 1. The summed E-state index contributed by atoms with van der Waals surface area (Å²) >= 11 is 0. The molecule has 0 amide bonds. The number of ketones is 1. The summed E-state index contributed by atoms with van der Waals surface area (Å²) in [7, 11) is 0. The topological polar surface area (TPSA) is 17.1 Å². The Morgan fingerprint density at radius 1 is 0.882 bits per heavy atom. The Morgan fingerprint density at radius 2 is 1.29 bits per heavy atom. The van der Waals surface area contributed by atoms with Gasteiger partial charge in [0.2, 0.25) is 0 Å². The molecule has 1 nitrogen and oxygen atoms in total. The maximum absolute atomic E-state index is 10.8. The van der Waals surface area contributed by atoms with Gasteiger partial charge in [0.25, 0.3) is 0 Å². The molecule has 17 heavy (non-hydrogen) atoms. The maximum atomic E-state index is 10.8. The molecule has 0 aliphatic carbocycles. The molecule has 0 fully saturated rings. The Bertz CT molecular complexity index is 200. The van der Waals surface area contributed by atoms with E-state index in [4.69, 9.17) is 0 Å². The molecule has 0 aliphatic heterocycles. The molecule has 0 spiro atoms. The van der Waals surface area contributed by atoms with Crippen LogP contribution in [0.15, 0.2) is 12.2 Å². The number of hydrogen-bond acceptors (Lipinski definition) is 1. The van der Waals surface area contributed by atoms with Gasteiger partial charge in [-0.3, -0.25) is 4.79 Å². The van der Waals surface area contributed by atoms with E-state index >= 15 is 0 Å². The van der Waals surface area contributed by atoms with E-state index in [1.807, 2.05) is 27.7 Å². The van der Waals surface area contributed by atoms with Crippen molar-refractivity contribution in [3.8, 4) is 0 Å². The van der Waals surface area contributed by atoms with Crippen LogP contribution in [0.1, 0.15) is 61.8 Å². The molecular weight excluding hydrogens is 208 g/mol. The normalized spacial score (nSPS) is 11.5. The van der Waals surface area contributed by atoms with Crippen LogP contribution in [0.4, 0.5) is 0 Å². The Labute approximate surface area is 109 Å². The van der Waals surface area contributed by atoms with Crippen molar-refractivity contribution in [3.05, 3.63) is 12.2 Å². The zero-order valence-electron chi connectivity index (χ0n) is 13.1. The van der Waals surface area contributed by atoms with Crippen molar-refractivity contribution in [2.45, 2.75) is 61.8 Å². The first-order valence-electron chi connectivity index (χ1n) is 6.88. The van der Waals surface area contributed by atoms with Crippen molar-refractivity contribution in [2.24, 2.45) is 23.7 Å². The van der Waals surface area contributed by atoms with E-state index in [9.17, 15) is 4.79 Å². The third-order valence-electron chi connectivity index (χ3n) is 2.27. The lowest BCUT2D eigenvalue weighted by atomic mass is 9.99. The van der Waals surface area contributed by atoms with Crippen molar-refractivity contribution >= 4 is 5.78 Å². The number of rotatable bonds is 5. The Kier molecular flexibility index (Phi) is 11.7. The minimum atomic E-state index is 0.204. The highest BCUT2D eigenvalue weighted by Crippen LogP contribution is 2.03. The van der Waals surface area contributed by atoms with Crippen LogP contribution < -0.4 is 0 Å². The average Bonchev–Trinajstić information content (AvgIpc) is 2.15.